The molecule has 2 heterocycles. The van der Waals surface area contributed by atoms with Crippen molar-refractivity contribution in [3.8, 4) is 0 Å². The number of benzene rings is 3. The SMILES string of the molecule is O=C1C(c2ccc3cc(S(=O)(=O)O)cc(N4C(=O)c5c(Cl)c(Cl)c(Cl)c(Cl)c5C4=O)c3n2)=C([O-])c2c(Cl)c(Cl)c(Cl)c(Cl)c21.[Na+]. The number of pyridine rings is 1. The van der Waals surface area contributed by atoms with Crippen molar-refractivity contribution >= 4 is 148 Å². The number of amides is 2. The molecule has 0 saturated heterocycles. The van der Waals surface area contributed by atoms with Crippen molar-refractivity contribution < 1.29 is 62.0 Å². The molecule has 0 bridgehead atoms. The van der Waals surface area contributed by atoms with Gasteiger partial charge in [-0.05, 0) is 18.2 Å². The van der Waals surface area contributed by atoms with Gasteiger partial charge in [0.2, 0.25) is 0 Å². The van der Waals surface area contributed by atoms with Gasteiger partial charge in [-0.3, -0.25) is 18.9 Å². The number of carbonyl (C=O) groups is 3. The second-order valence-electron chi connectivity index (χ2n) is 9.18. The Morgan fingerprint density at radius 1 is 0.689 bits per heavy atom. The van der Waals surface area contributed by atoms with Gasteiger partial charge in [0.15, 0.2) is 5.78 Å². The zero-order valence-electron chi connectivity index (χ0n) is 21.5. The van der Waals surface area contributed by atoms with E-state index in [2.05, 4.69) is 4.98 Å². The standard InChI is InChI=1S/C26H6Cl8N2O7S.Na/c27-14-10-11(15(28)19(32)18(14)31)24(38)9(23(10)37)7-2-1-5-3-6(44(41,42)43)4-8(22(5)35-7)36-25(39)12-13(26(36)40)17(30)21(34)20(33)16(12)29;/h1-4,37H,(H,41,42,43);/q;+1/p-1. The van der Waals surface area contributed by atoms with Gasteiger partial charge in [0, 0.05) is 16.5 Å². The van der Waals surface area contributed by atoms with Gasteiger partial charge in [0.1, 0.15) is 0 Å². The second-order valence-corrected chi connectivity index (χ2v) is 13.6. The summed E-state index contributed by atoms with van der Waals surface area (Å²) in [6.07, 6.45) is 0. The minimum Gasteiger partial charge on any atom is -0.871 e. The van der Waals surface area contributed by atoms with Crippen LogP contribution in [0, 0.1) is 0 Å². The number of imide groups is 1. The third kappa shape index (κ3) is 5.09. The molecule has 3 aromatic carbocycles. The minimum absolute atomic E-state index is 0. The number of rotatable bonds is 3. The van der Waals surface area contributed by atoms with Crippen LogP contribution in [0.1, 0.15) is 42.3 Å². The van der Waals surface area contributed by atoms with Crippen LogP contribution in [0.4, 0.5) is 5.69 Å². The first kappa shape index (κ1) is 35.0. The molecule has 19 heteroatoms. The average Bonchev–Trinajstić information content (AvgIpc) is 3.39. The zero-order valence-corrected chi connectivity index (χ0v) is 30.4. The molecule has 6 rings (SSSR count). The van der Waals surface area contributed by atoms with Crippen LogP contribution < -0.4 is 39.6 Å². The first-order valence-electron chi connectivity index (χ1n) is 11.5. The van der Waals surface area contributed by atoms with Crippen LogP contribution in [0.5, 0.6) is 0 Å². The van der Waals surface area contributed by atoms with Gasteiger partial charge >= 0.3 is 29.6 Å². The van der Waals surface area contributed by atoms with Gasteiger partial charge < -0.3 is 5.11 Å². The van der Waals surface area contributed by atoms with E-state index < -0.39 is 70.8 Å². The minimum atomic E-state index is -4.91. The molecule has 0 fully saturated rings. The molecule has 1 N–H and O–H groups in total. The van der Waals surface area contributed by atoms with Gasteiger partial charge in [0.05, 0.1) is 78.7 Å². The first-order chi connectivity index (χ1) is 20.5. The zero-order chi connectivity index (χ0) is 32.3. The first-order valence-corrected chi connectivity index (χ1v) is 15.9. The summed E-state index contributed by atoms with van der Waals surface area (Å²) in [6.45, 7) is 0. The fraction of sp³-hybridized carbons (Fsp3) is 0. The van der Waals surface area contributed by atoms with Crippen LogP contribution in [0.15, 0.2) is 29.2 Å². The van der Waals surface area contributed by atoms with Crippen molar-refractivity contribution in [2.75, 3.05) is 4.90 Å². The van der Waals surface area contributed by atoms with Crippen molar-refractivity contribution in [1.29, 1.82) is 0 Å². The predicted octanol–water partition coefficient (Wildman–Crippen LogP) is 4.94. The molecule has 224 valence electrons. The van der Waals surface area contributed by atoms with Gasteiger partial charge in [-0.25, -0.2) is 9.88 Å². The fourth-order valence-electron chi connectivity index (χ4n) is 4.86. The Morgan fingerprint density at radius 2 is 1.16 bits per heavy atom. The quantitative estimate of drug-likeness (QED) is 0.101. The van der Waals surface area contributed by atoms with Crippen LogP contribution in [0.3, 0.4) is 0 Å². The van der Waals surface area contributed by atoms with E-state index in [9.17, 15) is 32.5 Å². The van der Waals surface area contributed by atoms with Crippen molar-refractivity contribution in [1.82, 2.24) is 4.98 Å². The third-order valence-corrected chi connectivity index (χ3v) is 11.3. The van der Waals surface area contributed by atoms with Crippen LogP contribution in [-0.4, -0.2) is 35.6 Å². The summed E-state index contributed by atoms with van der Waals surface area (Å²) in [5.74, 6) is -3.98. The molecule has 0 spiro atoms. The van der Waals surface area contributed by atoms with E-state index in [1.54, 1.807) is 0 Å². The van der Waals surface area contributed by atoms with Crippen LogP contribution >= 0.6 is 92.8 Å². The van der Waals surface area contributed by atoms with E-state index in [-0.39, 0.29) is 87.4 Å². The number of fused-ring (bicyclic) bond motifs is 3. The van der Waals surface area contributed by atoms with Crippen molar-refractivity contribution in [3.05, 3.63) is 92.4 Å². The Hall–Kier alpha value is -1.35. The molecule has 9 nitrogen and oxygen atoms in total. The van der Waals surface area contributed by atoms with Crippen LogP contribution in [0.25, 0.3) is 22.2 Å². The molecule has 1 aliphatic heterocycles. The van der Waals surface area contributed by atoms with Gasteiger partial charge in [-0.2, -0.15) is 8.42 Å². The fourth-order valence-corrected chi connectivity index (χ4v) is 7.44. The Labute approximate surface area is 314 Å². The van der Waals surface area contributed by atoms with Gasteiger partial charge in [0.25, 0.3) is 21.9 Å². The normalized spacial score (nSPS) is 14.4. The molecule has 2 aliphatic rings. The number of nitrogens with zero attached hydrogens (tertiary/aromatic N) is 2. The van der Waals surface area contributed by atoms with E-state index in [0.717, 1.165) is 12.1 Å². The molecule has 1 aromatic heterocycles. The Morgan fingerprint density at radius 3 is 1.64 bits per heavy atom. The number of anilines is 1. The Kier molecular flexibility index (Phi) is 9.29. The molecule has 0 radical (unpaired) electrons. The topological polar surface area (TPSA) is 145 Å². The Bertz CT molecular complexity index is 2230. The largest absolute Gasteiger partial charge is 1.00 e. The number of carbonyl (C=O) groups excluding carboxylic acids is 3. The van der Waals surface area contributed by atoms with E-state index in [1.807, 2.05) is 0 Å². The molecule has 0 unspecified atom stereocenters. The summed E-state index contributed by atoms with van der Waals surface area (Å²) in [5.41, 5.74) is -3.01. The smallest absolute Gasteiger partial charge is 0.871 e. The molecule has 2 amide bonds. The number of hydrogen-bond donors (Lipinski definition) is 1. The Balaban J connectivity index is 0.00000400. The summed E-state index contributed by atoms with van der Waals surface area (Å²) in [5, 5.41) is 10.8. The second kappa shape index (κ2) is 12.0. The maximum absolute atomic E-state index is 13.6. The summed E-state index contributed by atoms with van der Waals surface area (Å²) in [4.78, 5) is 44.9. The van der Waals surface area contributed by atoms with Crippen LogP contribution in [-0.2, 0) is 10.1 Å². The van der Waals surface area contributed by atoms with Crippen molar-refractivity contribution in [3.63, 3.8) is 0 Å². The number of hydrogen-bond acceptors (Lipinski definition) is 7. The monoisotopic (exact) mass is 792 g/mol. The summed E-state index contributed by atoms with van der Waals surface area (Å²) in [6, 6.07) is 4.20. The number of ketones is 1. The number of aromatic nitrogens is 1. The molecule has 0 saturated carbocycles. The number of allylic oxidation sites excluding steroid dienone is 1. The van der Waals surface area contributed by atoms with Gasteiger partial charge in [-0.1, -0.05) is 105 Å². The maximum atomic E-state index is 13.6. The van der Waals surface area contributed by atoms with E-state index >= 15 is 0 Å². The molecular weight excluding hydrogens is 791 g/mol. The maximum Gasteiger partial charge on any atom is 1.00 e. The molecule has 1 aliphatic carbocycles. The van der Waals surface area contributed by atoms with Crippen LogP contribution in [0.2, 0.25) is 40.2 Å². The molecule has 45 heavy (non-hydrogen) atoms. The van der Waals surface area contributed by atoms with E-state index in [1.165, 1.54) is 12.1 Å². The van der Waals surface area contributed by atoms with Gasteiger partial charge in [-0.15, -0.1) is 0 Å². The third-order valence-electron chi connectivity index (χ3n) is 6.82. The summed E-state index contributed by atoms with van der Waals surface area (Å²) >= 11 is 49.3. The predicted molar refractivity (Wildman–Crippen MR) is 167 cm³/mol. The van der Waals surface area contributed by atoms with Crippen molar-refractivity contribution in [2.24, 2.45) is 0 Å². The summed E-state index contributed by atoms with van der Waals surface area (Å²) < 4.78 is 34.1. The van der Waals surface area contributed by atoms with E-state index in [0.29, 0.717) is 4.90 Å². The number of halogens is 8. The van der Waals surface area contributed by atoms with E-state index in [4.69, 9.17) is 92.8 Å². The number of Topliss-reactive ketones (excluding diaryl/α,β-unsaturated/α-hetero) is 1. The molecule has 0 atom stereocenters. The molecular formula is C26H5Cl8N2NaO7S. The molecule has 4 aromatic rings. The summed E-state index contributed by atoms with van der Waals surface area (Å²) in [7, 11) is -4.91. The average molecular weight is 796 g/mol. The van der Waals surface area contributed by atoms with Crippen molar-refractivity contribution in [2.45, 2.75) is 4.90 Å².